The van der Waals surface area contributed by atoms with Gasteiger partial charge in [-0.15, -0.1) is 0 Å². The van der Waals surface area contributed by atoms with Gasteiger partial charge in [-0.25, -0.2) is 4.98 Å². The molecule has 0 bridgehead atoms. The molecule has 0 aliphatic heterocycles. The van der Waals surface area contributed by atoms with Gasteiger partial charge in [-0.2, -0.15) is 0 Å². The van der Waals surface area contributed by atoms with Gasteiger partial charge < -0.3 is 19.4 Å². The number of hydrogen-bond donors (Lipinski definition) is 1. The van der Waals surface area contributed by atoms with Crippen LogP contribution in [0.2, 0.25) is 5.02 Å². The molecule has 0 spiro atoms. The predicted octanol–water partition coefficient (Wildman–Crippen LogP) is 4.25. The molecule has 0 atom stereocenters. The van der Waals surface area contributed by atoms with E-state index < -0.39 is 11.2 Å². The number of carbonyl (C=O) groups excluding carboxylic acids is 2. The van der Waals surface area contributed by atoms with Crippen LogP contribution in [0.4, 0.5) is 5.69 Å². The lowest BCUT2D eigenvalue weighted by Crippen LogP contribution is -2.25. The summed E-state index contributed by atoms with van der Waals surface area (Å²) in [6.45, 7) is 1.60. The maximum absolute atomic E-state index is 13.2. The van der Waals surface area contributed by atoms with E-state index >= 15 is 0 Å². The molecule has 35 heavy (non-hydrogen) atoms. The van der Waals surface area contributed by atoms with Gasteiger partial charge in [-0.3, -0.25) is 14.4 Å². The molecule has 2 heterocycles. The van der Waals surface area contributed by atoms with Crippen molar-refractivity contribution in [2.45, 2.75) is 13.5 Å². The average molecular weight is 492 g/mol. The number of carbonyl (C=O) groups is 2. The van der Waals surface area contributed by atoms with E-state index in [9.17, 15) is 14.4 Å². The van der Waals surface area contributed by atoms with Crippen molar-refractivity contribution in [2.75, 3.05) is 19.5 Å². The van der Waals surface area contributed by atoms with Crippen molar-refractivity contribution < 1.29 is 19.1 Å². The van der Waals surface area contributed by atoms with E-state index in [1.165, 1.54) is 25.0 Å². The van der Waals surface area contributed by atoms with E-state index in [-0.39, 0.29) is 23.4 Å². The normalized spacial score (nSPS) is 10.7. The molecule has 178 valence electrons. The smallest absolute Gasteiger partial charge is 0.244 e. The lowest BCUT2D eigenvalue weighted by atomic mass is 10.0. The fourth-order valence-corrected chi connectivity index (χ4v) is 3.90. The number of fused-ring (bicyclic) bond motifs is 1. The summed E-state index contributed by atoms with van der Waals surface area (Å²) in [6, 6.07) is 14.6. The zero-order valence-electron chi connectivity index (χ0n) is 19.3. The molecule has 4 rings (SSSR count). The summed E-state index contributed by atoms with van der Waals surface area (Å²) in [5.41, 5.74) is 1.27. The number of aromatic nitrogens is 2. The minimum absolute atomic E-state index is 0.0615. The minimum atomic E-state index is -0.462. The Labute approximate surface area is 206 Å². The Morgan fingerprint density at radius 3 is 2.43 bits per heavy atom. The van der Waals surface area contributed by atoms with Crippen molar-refractivity contribution in [3.8, 4) is 11.5 Å². The van der Waals surface area contributed by atoms with Gasteiger partial charge in [-0.1, -0.05) is 11.6 Å². The van der Waals surface area contributed by atoms with Crippen LogP contribution >= 0.6 is 11.6 Å². The molecule has 0 radical (unpaired) electrons. The van der Waals surface area contributed by atoms with Crippen molar-refractivity contribution in [3.05, 3.63) is 92.9 Å². The third-order valence-corrected chi connectivity index (χ3v) is 5.70. The van der Waals surface area contributed by atoms with Crippen LogP contribution in [-0.4, -0.2) is 35.5 Å². The van der Waals surface area contributed by atoms with E-state index in [1.54, 1.807) is 61.5 Å². The monoisotopic (exact) mass is 491 g/mol. The average Bonchev–Trinajstić information content (AvgIpc) is 2.85. The number of nitrogens with one attached hydrogen (secondary N) is 1. The highest BCUT2D eigenvalue weighted by molar-refractivity contribution is 6.32. The number of anilines is 1. The number of hydrogen-bond acceptors (Lipinski definition) is 6. The number of benzene rings is 2. The second-order valence-corrected chi connectivity index (χ2v) is 8.19. The maximum atomic E-state index is 13.2. The molecule has 0 unspecified atom stereocenters. The lowest BCUT2D eigenvalue weighted by molar-refractivity contribution is -0.116. The number of ketones is 1. The van der Waals surface area contributed by atoms with E-state index in [0.717, 1.165) is 0 Å². The van der Waals surface area contributed by atoms with Gasteiger partial charge in [0.1, 0.15) is 23.7 Å². The summed E-state index contributed by atoms with van der Waals surface area (Å²) in [6.07, 6.45) is 1.38. The summed E-state index contributed by atoms with van der Waals surface area (Å²) < 4.78 is 11.8. The number of rotatable bonds is 7. The summed E-state index contributed by atoms with van der Waals surface area (Å²) in [5.74, 6) is 0.225. The minimum Gasteiger partial charge on any atom is -0.497 e. The number of amides is 1. The molecule has 9 heteroatoms. The van der Waals surface area contributed by atoms with E-state index in [1.807, 2.05) is 0 Å². The van der Waals surface area contributed by atoms with Gasteiger partial charge in [0.15, 0.2) is 5.78 Å². The number of ether oxygens (including phenoxy) is 2. The predicted molar refractivity (Wildman–Crippen MR) is 134 cm³/mol. The summed E-state index contributed by atoms with van der Waals surface area (Å²) in [4.78, 5) is 43.7. The molecule has 2 aromatic carbocycles. The highest BCUT2D eigenvalue weighted by Gasteiger charge is 2.19. The van der Waals surface area contributed by atoms with Crippen molar-refractivity contribution >= 4 is 40.0 Å². The molecular formula is C26H22ClN3O5. The molecule has 4 aromatic rings. The van der Waals surface area contributed by atoms with E-state index in [0.29, 0.717) is 39.1 Å². The number of nitrogens with zero attached hydrogens (tertiary/aromatic N) is 2. The molecule has 2 aromatic heterocycles. The number of aryl methyl sites for hydroxylation is 1. The fraction of sp³-hybridized carbons (Fsp3) is 0.154. The van der Waals surface area contributed by atoms with Crippen LogP contribution in [0.3, 0.4) is 0 Å². The second-order valence-electron chi connectivity index (χ2n) is 7.78. The summed E-state index contributed by atoms with van der Waals surface area (Å²) >= 11 is 6.15. The quantitative estimate of drug-likeness (QED) is 0.388. The first kappa shape index (κ1) is 24.0. The van der Waals surface area contributed by atoms with Gasteiger partial charge in [0.05, 0.1) is 30.2 Å². The molecule has 8 nitrogen and oxygen atoms in total. The second kappa shape index (κ2) is 9.99. The topological polar surface area (TPSA) is 99.5 Å². The molecule has 0 saturated carbocycles. The van der Waals surface area contributed by atoms with E-state index in [2.05, 4.69) is 10.3 Å². The highest BCUT2D eigenvalue weighted by Crippen LogP contribution is 2.27. The zero-order chi connectivity index (χ0) is 25.1. The molecule has 0 aliphatic rings. The zero-order valence-corrected chi connectivity index (χ0v) is 20.1. The van der Waals surface area contributed by atoms with Gasteiger partial charge >= 0.3 is 0 Å². The van der Waals surface area contributed by atoms with Gasteiger partial charge in [-0.05, 0) is 61.5 Å². The number of halogens is 1. The molecule has 1 amide bonds. The Kier molecular flexibility index (Phi) is 6.84. The third-order valence-electron chi connectivity index (χ3n) is 5.41. The van der Waals surface area contributed by atoms with Gasteiger partial charge in [0.2, 0.25) is 11.3 Å². The molecule has 0 saturated heterocycles. The standard InChI is InChI=1S/C26H22ClN3O5/c1-15-4-10-19-25(33)20(24(32)16-5-8-18(34-2)9-6-16)13-30(26(19)28-15)14-23(31)29-17-7-11-22(35-3)21(27)12-17/h4-13H,14H2,1-3H3,(H,29,31). The van der Waals surface area contributed by atoms with Crippen LogP contribution in [0.1, 0.15) is 21.6 Å². The Hall–Kier alpha value is -4.17. The van der Waals surface area contributed by atoms with Crippen molar-refractivity contribution in [2.24, 2.45) is 0 Å². The van der Waals surface area contributed by atoms with Crippen LogP contribution in [-0.2, 0) is 11.3 Å². The van der Waals surface area contributed by atoms with Crippen molar-refractivity contribution in [3.63, 3.8) is 0 Å². The number of methoxy groups -OCH3 is 2. The third kappa shape index (κ3) is 5.02. The highest BCUT2D eigenvalue weighted by atomic mass is 35.5. The summed E-state index contributed by atoms with van der Waals surface area (Å²) in [7, 11) is 3.03. The van der Waals surface area contributed by atoms with Gasteiger partial charge in [0.25, 0.3) is 0 Å². The van der Waals surface area contributed by atoms with Crippen LogP contribution in [0.15, 0.2) is 65.6 Å². The Morgan fingerprint density at radius 2 is 1.77 bits per heavy atom. The first-order chi connectivity index (χ1) is 16.8. The lowest BCUT2D eigenvalue weighted by Gasteiger charge is -2.14. The van der Waals surface area contributed by atoms with Crippen molar-refractivity contribution in [1.82, 2.24) is 9.55 Å². The number of pyridine rings is 2. The molecule has 1 N–H and O–H groups in total. The van der Waals surface area contributed by atoms with Gasteiger partial charge in [0, 0.05) is 23.1 Å². The van der Waals surface area contributed by atoms with Crippen molar-refractivity contribution in [1.29, 1.82) is 0 Å². The molecule has 0 fully saturated rings. The Balaban J connectivity index is 1.72. The largest absolute Gasteiger partial charge is 0.497 e. The van der Waals surface area contributed by atoms with Crippen LogP contribution < -0.4 is 20.2 Å². The molecule has 0 aliphatic carbocycles. The first-order valence-corrected chi connectivity index (χ1v) is 11.0. The fourth-order valence-electron chi connectivity index (χ4n) is 3.64. The van der Waals surface area contributed by atoms with Crippen LogP contribution in [0.25, 0.3) is 11.0 Å². The van der Waals surface area contributed by atoms with Crippen LogP contribution in [0.5, 0.6) is 11.5 Å². The van der Waals surface area contributed by atoms with E-state index in [4.69, 9.17) is 21.1 Å². The SMILES string of the molecule is COc1ccc(C(=O)c2cn(CC(=O)Nc3ccc(OC)c(Cl)c3)c3nc(C)ccc3c2=O)cc1. The molecular weight excluding hydrogens is 470 g/mol. The van der Waals surface area contributed by atoms with Crippen LogP contribution in [0, 0.1) is 6.92 Å². The maximum Gasteiger partial charge on any atom is 0.244 e. The summed E-state index contributed by atoms with van der Waals surface area (Å²) in [5, 5.41) is 3.36. The Morgan fingerprint density at radius 1 is 1.03 bits per heavy atom. The Bertz CT molecular complexity index is 1500. The first-order valence-electron chi connectivity index (χ1n) is 10.6.